The molecule has 0 saturated heterocycles. The van der Waals surface area contributed by atoms with Gasteiger partial charge in [0.2, 0.25) is 0 Å². The molecule has 26 heavy (non-hydrogen) atoms. The van der Waals surface area contributed by atoms with Gasteiger partial charge in [-0.1, -0.05) is 35.9 Å². The number of anilines is 1. The van der Waals surface area contributed by atoms with E-state index in [4.69, 9.17) is 23.8 Å². The molecule has 0 aliphatic rings. The van der Waals surface area contributed by atoms with Gasteiger partial charge >= 0.3 is 0 Å². The second-order valence-electron chi connectivity index (χ2n) is 5.49. The summed E-state index contributed by atoms with van der Waals surface area (Å²) in [5, 5.41) is 8.08. The molecule has 3 rings (SSSR count). The molecule has 7 heteroatoms. The minimum absolute atomic E-state index is 0.228. The zero-order valence-electron chi connectivity index (χ0n) is 13.7. The highest BCUT2D eigenvalue weighted by atomic mass is 35.5. The average Bonchev–Trinajstić information content (AvgIpc) is 3.04. The zero-order valence-corrected chi connectivity index (χ0v) is 15.3. The zero-order chi connectivity index (χ0) is 18.4. The van der Waals surface area contributed by atoms with Gasteiger partial charge in [0.15, 0.2) is 5.11 Å². The fourth-order valence-corrected chi connectivity index (χ4v) is 2.74. The van der Waals surface area contributed by atoms with Crippen LogP contribution in [0.1, 0.15) is 11.3 Å². The van der Waals surface area contributed by atoms with Crippen LogP contribution in [0, 0.1) is 5.82 Å². The minimum atomic E-state index is -0.228. The molecule has 2 aromatic carbocycles. The maximum Gasteiger partial charge on any atom is 0.191 e. The third-order valence-corrected chi connectivity index (χ3v) is 4.04. The van der Waals surface area contributed by atoms with Crippen molar-refractivity contribution >= 4 is 40.8 Å². The van der Waals surface area contributed by atoms with Gasteiger partial charge in [-0.3, -0.25) is 5.43 Å². The normalized spacial score (nSPS) is 10.8. The smallest absolute Gasteiger partial charge is 0.191 e. The molecule has 0 unspecified atom stereocenters. The van der Waals surface area contributed by atoms with Crippen molar-refractivity contribution in [2.45, 2.75) is 6.54 Å². The van der Waals surface area contributed by atoms with Crippen LogP contribution < -0.4 is 10.7 Å². The standard InChI is InChI=1S/C19H16ClFN4S/c20-15-6-3-7-16(11-15)23-19(26)24-22-12-17-8-4-10-25(17)13-14-5-1-2-9-18(14)21/h1-12H,13H2,(H2,23,24,26)/b22-12+. The van der Waals surface area contributed by atoms with E-state index in [1.54, 1.807) is 30.5 Å². The van der Waals surface area contributed by atoms with Crippen LogP contribution in [-0.4, -0.2) is 15.9 Å². The summed E-state index contributed by atoms with van der Waals surface area (Å²) in [6, 6.07) is 17.7. The summed E-state index contributed by atoms with van der Waals surface area (Å²) < 4.78 is 15.7. The van der Waals surface area contributed by atoms with E-state index in [9.17, 15) is 4.39 Å². The van der Waals surface area contributed by atoms with Crippen molar-refractivity contribution in [1.82, 2.24) is 9.99 Å². The van der Waals surface area contributed by atoms with Crippen LogP contribution >= 0.6 is 23.8 Å². The summed E-state index contributed by atoms with van der Waals surface area (Å²) in [5.74, 6) is -0.228. The van der Waals surface area contributed by atoms with E-state index in [1.807, 2.05) is 41.1 Å². The monoisotopic (exact) mass is 386 g/mol. The molecule has 0 saturated carbocycles. The molecule has 0 aliphatic heterocycles. The fraction of sp³-hybridized carbons (Fsp3) is 0.0526. The average molecular weight is 387 g/mol. The Bertz CT molecular complexity index is 939. The SMILES string of the molecule is Fc1ccccc1Cn1cccc1/C=N/NC(=S)Nc1cccc(Cl)c1. The Morgan fingerprint density at radius 3 is 2.81 bits per heavy atom. The molecular formula is C19H16ClFN4S. The molecule has 0 spiro atoms. The van der Waals surface area contributed by atoms with Gasteiger partial charge in [0.1, 0.15) is 5.82 Å². The number of rotatable bonds is 5. The largest absolute Gasteiger partial charge is 0.342 e. The van der Waals surface area contributed by atoms with Crippen molar-refractivity contribution < 1.29 is 4.39 Å². The molecule has 4 nitrogen and oxygen atoms in total. The van der Waals surface area contributed by atoms with Gasteiger partial charge in [-0.2, -0.15) is 5.10 Å². The molecular weight excluding hydrogens is 371 g/mol. The number of hydrazone groups is 1. The number of hydrogen-bond donors (Lipinski definition) is 2. The number of halogens is 2. The predicted molar refractivity (Wildman–Crippen MR) is 108 cm³/mol. The summed E-state index contributed by atoms with van der Waals surface area (Å²) in [6.45, 7) is 0.423. The summed E-state index contributed by atoms with van der Waals surface area (Å²) >= 11 is 11.1. The third-order valence-electron chi connectivity index (χ3n) is 3.61. The van der Waals surface area contributed by atoms with Gasteiger partial charge in [-0.15, -0.1) is 0 Å². The van der Waals surface area contributed by atoms with Crippen molar-refractivity contribution in [3.8, 4) is 0 Å². The second kappa shape index (κ2) is 8.60. The molecule has 0 radical (unpaired) electrons. The van der Waals surface area contributed by atoms with E-state index < -0.39 is 0 Å². The number of hydrogen-bond acceptors (Lipinski definition) is 2. The van der Waals surface area contributed by atoms with E-state index >= 15 is 0 Å². The van der Waals surface area contributed by atoms with Gasteiger partial charge in [0.05, 0.1) is 18.5 Å². The lowest BCUT2D eigenvalue weighted by Gasteiger charge is -2.08. The first-order valence-electron chi connectivity index (χ1n) is 7.86. The van der Waals surface area contributed by atoms with Gasteiger partial charge in [0, 0.05) is 22.5 Å². The molecule has 132 valence electrons. The first kappa shape index (κ1) is 18.1. The van der Waals surface area contributed by atoms with E-state index in [0.717, 1.165) is 11.4 Å². The van der Waals surface area contributed by atoms with Crippen molar-refractivity contribution in [3.63, 3.8) is 0 Å². The fourth-order valence-electron chi connectivity index (χ4n) is 2.38. The number of nitrogens with zero attached hydrogens (tertiary/aromatic N) is 2. The van der Waals surface area contributed by atoms with Crippen molar-refractivity contribution in [1.29, 1.82) is 0 Å². The molecule has 1 aromatic heterocycles. The molecule has 0 atom stereocenters. The summed E-state index contributed by atoms with van der Waals surface area (Å²) in [5.41, 5.74) is 4.96. The lowest BCUT2D eigenvalue weighted by atomic mass is 10.2. The van der Waals surface area contributed by atoms with Crippen molar-refractivity contribution in [2.75, 3.05) is 5.32 Å². The molecule has 3 aromatic rings. The molecule has 0 fully saturated rings. The van der Waals surface area contributed by atoms with E-state index in [2.05, 4.69) is 15.8 Å². The summed E-state index contributed by atoms with van der Waals surface area (Å²) in [7, 11) is 0. The van der Waals surface area contributed by atoms with Gasteiger partial charge in [-0.05, 0) is 48.6 Å². The summed E-state index contributed by atoms with van der Waals surface area (Å²) in [6.07, 6.45) is 3.50. The quantitative estimate of drug-likeness (QED) is 0.381. The topological polar surface area (TPSA) is 41.4 Å². The Morgan fingerprint density at radius 2 is 2.00 bits per heavy atom. The molecule has 0 amide bonds. The molecule has 0 aliphatic carbocycles. The Labute approximate surface area is 161 Å². The second-order valence-corrected chi connectivity index (χ2v) is 6.33. The number of benzene rings is 2. The van der Waals surface area contributed by atoms with E-state index in [0.29, 0.717) is 22.2 Å². The Hall–Kier alpha value is -2.70. The number of aromatic nitrogens is 1. The highest BCUT2D eigenvalue weighted by Crippen LogP contribution is 2.14. The van der Waals surface area contributed by atoms with Gasteiger partial charge in [0.25, 0.3) is 0 Å². The van der Waals surface area contributed by atoms with Crippen LogP contribution in [0.5, 0.6) is 0 Å². The number of thiocarbonyl (C=S) groups is 1. The predicted octanol–water partition coefficient (Wildman–Crippen LogP) is 4.65. The van der Waals surface area contributed by atoms with E-state index in [-0.39, 0.29) is 5.82 Å². The van der Waals surface area contributed by atoms with Crippen LogP contribution in [0.4, 0.5) is 10.1 Å². The Balaban J connectivity index is 1.60. The summed E-state index contributed by atoms with van der Waals surface area (Å²) in [4.78, 5) is 0. The maximum absolute atomic E-state index is 13.8. The van der Waals surface area contributed by atoms with Crippen molar-refractivity contribution in [2.24, 2.45) is 5.10 Å². The van der Waals surface area contributed by atoms with Crippen LogP contribution in [0.25, 0.3) is 0 Å². The lowest BCUT2D eigenvalue weighted by molar-refractivity contribution is 0.599. The molecule has 0 bridgehead atoms. The van der Waals surface area contributed by atoms with Crippen LogP contribution in [0.2, 0.25) is 5.02 Å². The highest BCUT2D eigenvalue weighted by molar-refractivity contribution is 7.80. The highest BCUT2D eigenvalue weighted by Gasteiger charge is 2.04. The Kier molecular flexibility index (Phi) is 5.99. The third kappa shape index (κ3) is 4.91. The maximum atomic E-state index is 13.8. The molecule has 2 N–H and O–H groups in total. The van der Waals surface area contributed by atoms with Gasteiger partial charge < -0.3 is 9.88 Å². The number of nitrogens with one attached hydrogen (secondary N) is 2. The first-order chi connectivity index (χ1) is 12.6. The van der Waals surface area contributed by atoms with Crippen LogP contribution in [0.3, 0.4) is 0 Å². The van der Waals surface area contributed by atoms with Crippen molar-refractivity contribution in [3.05, 3.63) is 89.0 Å². The van der Waals surface area contributed by atoms with Gasteiger partial charge in [-0.25, -0.2) is 4.39 Å². The minimum Gasteiger partial charge on any atom is -0.342 e. The lowest BCUT2D eigenvalue weighted by Crippen LogP contribution is -2.24. The molecule has 1 heterocycles. The van der Waals surface area contributed by atoms with E-state index in [1.165, 1.54) is 6.07 Å². The Morgan fingerprint density at radius 1 is 1.15 bits per heavy atom. The first-order valence-corrected chi connectivity index (χ1v) is 8.64. The van der Waals surface area contributed by atoms with Crippen LogP contribution in [0.15, 0.2) is 72.0 Å². The van der Waals surface area contributed by atoms with Crippen LogP contribution in [-0.2, 0) is 6.54 Å².